The number of hydrogen-bond donors (Lipinski definition) is 1. The predicted octanol–water partition coefficient (Wildman–Crippen LogP) is 4.00. The number of ether oxygens (including phenoxy) is 2. The van der Waals surface area contributed by atoms with E-state index in [1.807, 2.05) is 6.92 Å². The maximum atomic E-state index is 12.9. The molecule has 3 rings (SSSR count). The Kier molecular flexibility index (Phi) is 8.48. The molecule has 9 heteroatoms. The summed E-state index contributed by atoms with van der Waals surface area (Å²) >= 11 is 0. The number of benzene rings is 3. The van der Waals surface area contributed by atoms with Gasteiger partial charge in [-0.25, -0.2) is 12.8 Å². The molecular weight excluding hydrogens is 459 g/mol. The number of carbonyl (C=O) groups excluding carboxylic acids is 1. The molecule has 34 heavy (non-hydrogen) atoms. The maximum Gasteiger partial charge on any atom is 0.251 e. The molecule has 1 N–H and O–H groups in total. The molecule has 0 bridgehead atoms. The minimum Gasteiger partial charge on any atom is -0.494 e. The Morgan fingerprint density at radius 2 is 1.50 bits per heavy atom. The van der Waals surface area contributed by atoms with Crippen LogP contribution >= 0.6 is 0 Å². The van der Waals surface area contributed by atoms with Gasteiger partial charge in [0.05, 0.1) is 31.6 Å². The van der Waals surface area contributed by atoms with E-state index >= 15 is 0 Å². The molecule has 0 fully saturated rings. The van der Waals surface area contributed by atoms with Crippen molar-refractivity contribution in [3.63, 3.8) is 0 Å². The second-order valence-electron chi connectivity index (χ2n) is 7.45. The highest BCUT2D eigenvalue weighted by molar-refractivity contribution is 7.92. The van der Waals surface area contributed by atoms with Gasteiger partial charge < -0.3 is 14.8 Å². The van der Waals surface area contributed by atoms with Crippen LogP contribution in [0, 0.1) is 5.82 Å². The van der Waals surface area contributed by atoms with Crippen LogP contribution in [0.15, 0.2) is 72.8 Å². The Bertz CT molecular complexity index is 1180. The summed E-state index contributed by atoms with van der Waals surface area (Å²) < 4.78 is 49.8. The summed E-state index contributed by atoms with van der Waals surface area (Å²) in [6.45, 7) is 3.04. The Balaban J connectivity index is 1.57. The van der Waals surface area contributed by atoms with E-state index in [4.69, 9.17) is 9.47 Å². The number of sulfonamides is 1. The summed E-state index contributed by atoms with van der Waals surface area (Å²) in [6, 6.07) is 19.2. The number of rotatable bonds is 11. The number of anilines is 1. The highest BCUT2D eigenvalue weighted by atomic mass is 32.2. The van der Waals surface area contributed by atoms with Crippen molar-refractivity contribution in [2.24, 2.45) is 0 Å². The molecule has 0 saturated carbocycles. The summed E-state index contributed by atoms with van der Waals surface area (Å²) in [4.78, 5) is 12.4. The van der Waals surface area contributed by atoms with E-state index < -0.39 is 10.0 Å². The summed E-state index contributed by atoms with van der Waals surface area (Å²) in [5.41, 5.74) is 1.70. The third-order valence-corrected chi connectivity index (χ3v) is 5.99. The fourth-order valence-electron chi connectivity index (χ4n) is 3.17. The standard InChI is InChI=1S/C25H27FN2O5S/c1-3-32-23-14-10-22(11-15-23)28(34(2,30)31)18-19-4-6-20(7-5-19)25(29)27-16-17-33-24-12-8-21(26)9-13-24/h4-15H,3,16-18H2,1-2H3,(H,27,29). The van der Waals surface area contributed by atoms with Crippen molar-refractivity contribution in [3.05, 3.63) is 89.7 Å². The molecule has 180 valence electrons. The van der Waals surface area contributed by atoms with Gasteiger partial charge >= 0.3 is 0 Å². The number of halogens is 1. The van der Waals surface area contributed by atoms with Gasteiger partial charge in [-0.1, -0.05) is 12.1 Å². The number of nitrogens with zero attached hydrogens (tertiary/aromatic N) is 1. The molecule has 0 radical (unpaired) electrons. The molecule has 0 aliphatic carbocycles. The lowest BCUT2D eigenvalue weighted by Gasteiger charge is -2.23. The lowest BCUT2D eigenvalue weighted by Crippen LogP contribution is -2.29. The van der Waals surface area contributed by atoms with Crippen LogP contribution in [-0.2, 0) is 16.6 Å². The Morgan fingerprint density at radius 1 is 0.912 bits per heavy atom. The van der Waals surface area contributed by atoms with E-state index in [0.29, 0.717) is 29.4 Å². The van der Waals surface area contributed by atoms with Gasteiger partial charge in [0.25, 0.3) is 5.91 Å². The third kappa shape index (κ3) is 7.21. The third-order valence-electron chi connectivity index (χ3n) is 4.85. The van der Waals surface area contributed by atoms with Gasteiger partial charge in [-0.05, 0) is 73.2 Å². The average Bonchev–Trinajstić information content (AvgIpc) is 2.82. The first-order chi connectivity index (χ1) is 16.3. The molecule has 0 spiro atoms. The normalized spacial score (nSPS) is 11.0. The van der Waals surface area contributed by atoms with Gasteiger partial charge in [-0.15, -0.1) is 0 Å². The van der Waals surface area contributed by atoms with Crippen LogP contribution < -0.4 is 19.1 Å². The first-order valence-electron chi connectivity index (χ1n) is 10.7. The molecule has 0 unspecified atom stereocenters. The minimum absolute atomic E-state index is 0.125. The number of amides is 1. The molecule has 0 saturated heterocycles. The molecule has 0 aliphatic rings. The van der Waals surface area contributed by atoms with Crippen molar-refractivity contribution in [2.75, 3.05) is 30.3 Å². The summed E-state index contributed by atoms with van der Waals surface area (Å²) in [7, 11) is -3.53. The van der Waals surface area contributed by atoms with Crippen LogP contribution in [0.1, 0.15) is 22.8 Å². The van der Waals surface area contributed by atoms with Gasteiger partial charge in [0.15, 0.2) is 0 Å². The average molecular weight is 487 g/mol. The quantitative estimate of drug-likeness (QED) is 0.414. The fourth-order valence-corrected chi connectivity index (χ4v) is 4.06. The molecule has 0 aromatic heterocycles. The Hall–Kier alpha value is -3.59. The molecule has 0 aliphatic heterocycles. The van der Waals surface area contributed by atoms with Gasteiger partial charge in [-0.2, -0.15) is 0 Å². The van der Waals surface area contributed by atoms with Gasteiger partial charge in [-0.3, -0.25) is 9.10 Å². The first-order valence-corrected chi connectivity index (χ1v) is 12.6. The number of carbonyl (C=O) groups is 1. The number of nitrogens with one attached hydrogen (secondary N) is 1. The van der Waals surface area contributed by atoms with Crippen molar-refractivity contribution in [1.29, 1.82) is 0 Å². The summed E-state index contributed by atoms with van der Waals surface area (Å²) in [6.07, 6.45) is 1.15. The van der Waals surface area contributed by atoms with Crippen LogP contribution in [0.4, 0.5) is 10.1 Å². The lowest BCUT2D eigenvalue weighted by atomic mass is 10.1. The van der Waals surface area contributed by atoms with Crippen molar-refractivity contribution in [2.45, 2.75) is 13.5 Å². The van der Waals surface area contributed by atoms with Gasteiger partial charge in [0.1, 0.15) is 23.9 Å². The van der Waals surface area contributed by atoms with E-state index in [0.717, 1.165) is 11.8 Å². The fraction of sp³-hybridized carbons (Fsp3) is 0.240. The predicted molar refractivity (Wildman–Crippen MR) is 129 cm³/mol. The van der Waals surface area contributed by atoms with Crippen LogP contribution in [0.2, 0.25) is 0 Å². The first kappa shape index (κ1) is 25.0. The maximum absolute atomic E-state index is 12.9. The highest BCUT2D eigenvalue weighted by Crippen LogP contribution is 2.24. The van der Waals surface area contributed by atoms with Crippen LogP contribution in [0.3, 0.4) is 0 Å². The van der Waals surface area contributed by atoms with Gasteiger partial charge in [0.2, 0.25) is 10.0 Å². The van der Waals surface area contributed by atoms with E-state index in [9.17, 15) is 17.6 Å². The minimum atomic E-state index is -3.53. The Morgan fingerprint density at radius 3 is 2.09 bits per heavy atom. The van der Waals surface area contributed by atoms with Crippen molar-refractivity contribution >= 4 is 21.6 Å². The van der Waals surface area contributed by atoms with Gasteiger partial charge in [0, 0.05) is 5.56 Å². The van der Waals surface area contributed by atoms with Crippen molar-refractivity contribution in [3.8, 4) is 11.5 Å². The van der Waals surface area contributed by atoms with Crippen molar-refractivity contribution in [1.82, 2.24) is 5.32 Å². The van der Waals surface area contributed by atoms with Crippen LogP contribution in [0.25, 0.3) is 0 Å². The molecular formula is C25H27FN2O5S. The van der Waals surface area contributed by atoms with E-state index in [1.54, 1.807) is 48.5 Å². The zero-order chi connectivity index (χ0) is 24.6. The van der Waals surface area contributed by atoms with Crippen LogP contribution in [-0.4, -0.2) is 40.3 Å². The molecule has 0 heterocycles. The number of hydrogen-bond acceptors (Lipinski definition) is 5. The van der Waals surface area contributed by atoms with E-state index in [-0.39, 0.29) is 31.4 Å². The molecule has 3 aromatic carbocycles. The zero-order valence-electron chi connectivity index (χ0n) is 19.0. The Labute approximate surface area is 199 Å². The van der Waals surface area contributed by atoms with Crippen LogP contribution in [0.5, 0.6) is 11.5 Å². The molecule has 1 amide bonds. The summed E-state index contributed by atoms with van der Waals surface area (Å²) in [5.74, 6) is 0.560. The highest BCUT2D eigenvalue weighted by Gasteiger charge is 2.18. The molecule has 3 aromatic rings. The monoisotopic (exact) mass is 486 g/mol. The second kappa shape index (κ2) is 11.5. The SMILES string of the molecule is CCOc1ccc(N(Cc2ccc(C(=O)NCCOc3ccc(F)cc3)cc2)S(C)(=O)=O)cc1. The second-order valence-corrected chi connectivity index (χ2v) is 9.36. The largest absolute Gasteiger partial charge is 0.494 e. The zero-order valence-corrected chi connectivity index (χ0v) is 19.8. The van der Waals surface area contributed by atoms with Crippen molar-refractivity contribution < 1.29 is 27.1 Å². The molecule has 0 atom stereocenters. The smallest absolute Gasteiger partial charge is 0.251 e. The lowest BCUT2D eigenvalue weighted by molar-refractivity contribution is 0.0947. The molecule has 7 nitrogen and oxygen atoms in total. The summed E-state index contributed by atoms with van der Waals surface area (Å²) in [5, 5.41) is 2.75. The van der Waals surface area contributed by atoms with E-state index in [2.05, 4.69) is 5.32 Å². The van der Waals surface area contributed by atoms with E-state index in [1.165, 1.54) is 28.6 Å². The topological polar surface area (TPSA) is 84.9 Å².